The highest BCUT2D eigenvalue weighted by molar-refractivity contribution is 6.30. The van der Waals surface area contributed by atoms with Crippen molar-refractivity contribution in [2.75, 3.05) is 19.8 Å². The smallest absolute Gasteiger partial charge is 0.344 e. The second-order valence-electron chi connectivity index (χ2n) is 4.87. The van der Waals surface area contributed by atoms with E-state index in [2.05, 4.69) is 19.2 Å². The Morgan fingerprint density at radius 2 is 2.15 bits per heavy atom. The van der Waals surface area contributed by atoms with E-state index in [0.29, 0.717) is 29.8 Å². The minimum absolute atomic E-state index is 0.0906. The molecule has 4 nitrogen and oxygen atoms in total. The van der Waals surface area contributed by atoms with Gasteiger partial charge in [-0.25, -0.2) is 4.79 Å². The van der Waals surface area contributed by atoms with Gasteiger partial charge in [0.05, 0.1) is 6.61 Å². The first kappa shape index (κ1) is 16.8. The molecule has 20 heavy (non-hydrogen) atoms. The first-order chi connectivity index (χ1) is 9.52. The van der Waals surface area contributed by atoms with Gasteiger partial charge in [-0.3, -0.25) is 0 Å². The highest BCUT2D eigenvalue weighted by Crippen LogP contribution is 2.23. The van der Waals surface area contributed by atoms with Gasteiger partial charge >= 0.3 is 5.97 Å². The summed E-state index contributed by atoms with van der Waals surface area (Å²) >= 11 is 6.00. The van der Waals surface area contributed by atoms with E-state index in [0.717, 1.165) is 12.1 Å². The molecule has 112 valence electrons. The molecular formula is C15H22ClNO3. The van der Waals surface area contributed by atoms with E-state index in [1.165, 1.54) is 0 Å². The van der Waals surface area contributed by atoms with E-state index in [9.17, 15) is 4.79 Å². The topological polar surface area (TPSA) is 47.6 Å². The van der Waals surface area contributed by atoms with Crippen LogP contribution in [0.2, 0.25) is 5.02 Å². The maximum Gasteiger partial charge on any atom is 0.344 e. The number of hydrogen-bond acceptors (Lipinski definition) is 4. The van der Waals surface area contributed by atoms with Crippen LogP contribution < -0.4 is 10.1 Å². The molecule has 0 fully saturated rings. The zero-order valence-corrected chi connectivity index (χ0v) is 13.0. The van der Waals surface area contributed by atoms with E-state index >= 15 is 0 Å². The Morgan fingerprint density at radius 3 is 2.80 bits per heavy atom. The molecule has 0 spiro atoms. The van der Waals surface area contributed by atoms with Crippen LogP contribution in [0.3, 0.4) is 0 Å². The number of hydrogen-bond donors (Lipinski definition) is 1. The van der Waals surface area contributed by atoms with Crippen LogP contribution >= 0.6 is 11.6 Å². The summed E-state index contributed by atoms with van der Waals surface area (Å²) < 4.78 is 10.3. The minimum atomic E-state index is -0.372. The summed E-state index contributed by atoms with van der Waals surface area (Å²) in [6.07, 6.45) is 0. The van der Waals surface area contributed by atoms with Crippen LogP contribution in [0.15, 0.2) is 18.2 Å². The normalized spacial score (nSPS) is 10.7. The molecule has 1 N–H and O–H groups in total. The first-order valence-electron chi connectivity index (χ1n) is 6.80. The summed E-state index contributed by atoms with van der Waals surface area (Å²) in [5.41, 5.74) is 0.933. The number of benzene rings is 1. The molecule has 0 amide bonds. The van der Waals surface area contributed by atoms with E-state index in [1.807, 2.05) is 6.07 Å². The van der Waals surface area contributed by atoms with Crippen LogP contribution in [0.4, 0.5) is 0 Å². The molecule has 0 aromatic heterocycles. The Hall–Kier alpha value is -1.26. The molecule has 0 aliphatic rings. The predicted octanol–water partition coefficient (Wildman–Crippen LogP) is 3.03. The molecule has 1 aromatic rings. The lowest BCUT2D eigenvalue weighted by Gasteiger charge is -2.13. The van der Waals surface area contributed by atoms with Crippen LogP contribution in [-0.4, -0.2) is 25.7 Å². The van der Waals surface area contributed by atoms with Crippen molar-refractivity contribution in [1.82, 2.24) is 5.32 Å². The fourth-order valence-electron chi connectivity index (χ4n) is 1.66. The molecule has 0 aliphatic heterocycles. The Kier molecular flexibility index (Phi) is 7.41. The van der Waals surface area contributed by atoms with Gasteiger partial charge < -0.3 is 14.8 Å². The van der Waals surface area contributed by atoms with E-state index in [-0.39, 0.29) is 12.6 Å². The SMILES string of the molecule is CCOC(=O)COc1ccc(Cl)cc1CNCC(C)C. The number of carbonyl (C=O) groups excluding carboxylic acids is 1. The van der Waals surface area contributed by atoms with Gasteiger partial charge in [0.15, 0.2) is 6.61 Å². The number of halogens is 1. The third kappa shape index (κ3) is 6.26. The van der Waals surface area contributed by atoms with Gasteiger partial charge in [-0.15, -0.1) is 0 Å². The molecule has 0 bridgehead atoms. The zero-order valence-electron chi connectivity index (χ0n) is 12.2. The zero-order chi connectivity index (χ0) is 15.0. The van der Waals surface area contributed by atoms with Crippen molar-refractivity contribution in [2.24, 2.45) is 5.92 Å². The van der Waals surface area contributed by atoms with Gasteiger partial charge in [-0.1, -0.05) is 25.4 Å². The summed E-state index contributed by atoms with van der Waals surface area (Å²) in [4.78, 5) is 11.3. The number of carbonyl (C=O) groups is 1. The van der Waals surface area contributed by atoms with Crippen molar-refractivity contribution >= 4 is 17.6 Å². The highest BCUT2D eigenvalue weighted by Gasteiger charge is 2.08. The Morgan fingerprint density at radius 1 is 1.40 bits per heavy atom. The molecule has 5 heteroatoms. The third-order valence-electron chi connectivity index (χ3n) is 2.54. The summed E-state index contributed by atoms with van der Waals surface area (Å²) in [6, 6.07) is 5.36. The monoisotopic (exact) mass is 299 g/mol. The van der Waals surface area contributed by atoms with E-state index in [4.69, 9.17) is 21.1 Å². The second-order valence-corrected chi connectivity index (χ2v) is 5.31. The van der Waals surface area contributed by atoms with Crippen LogP contribution in [0.25, 0.3) is 0 Å². The summed E-state index contributed by atoms with van der Waals surface area (Å²) in [5.74, 6) is 0.848. The van der Waals surface area contributed by atoms with Crippen LogP contribution in [0, 0.1) is 5.92 Å². The summed E-state index contributed by atoms with van der Waals surface area (Å²) in [5, 5.41) is 3.97. The number of rotatable bonds is 8. The maximum absolute atomic E-state index is 11.3. The minimum Gasteiger partial charge on any atom is -0.482 e. The quantitative estimate of drug-likeness (QED) is 0.750. The molecule has 0 atom stereocenters. The van der Waals surface area contributed by atoms with Gasteiger partial charge in [0.2, 0.25) is 0 Å². The molecule has 1 aromatic carbocycles. The van der Waals surface area contributed by atoms with Crippen molar-refractivity contribution < 1.29 is 14.3 Å². The number of esters is 1. The Bertz CT molecular complexity index is 435. The van der Waals surface area contributed by atoms with Gasteiger partial charge in [0.1, 0.15) is 5.75 Å². The average molecular weight is 300 g/mol. The fourth-order valence-corrected chi connectivity index (χ4v) is 1.86. The molecule has 1 rings (SSSR count). The lowest BCUT2D eigenvalue weighted by Crippen LogP contribution is -2.20. The van der Waals surface area contributed by atoms with Crippen LogP contribution in [-0.2, 0) is 16.1 Å². The van der Waals surface area contributed by atoms with Crippen molar-refractivity contribution in [3.63, 3.8) is 0 Å². The highest BCUT2D eigenvalue weighted by atomic mass is 35.5. The molecule has 0 heterocycles. The van der Waals surface area contributed by atoms with Gasteiger partial charge in [-0.05, 0) is 37.6 Å². The average Bonchev–Trinajstić information content (AvgIpc) is 2.37. The van der Waals surface area contributed by atoms with Crippen molar-refractivity contribution in [2.45, 2.75) is 27.3 Å². The molecule has 0 aliphatic carbocycles. The maximum atomic E-state index is 11.3. The predicted molar refractivity (Wildman–Crippen MR) is 80.1 cm³/mol. The first-order valence-corrected chi connectivity index (χ1v) is 7.18. The molecule has 0 saturated heterocycles. The Labute approximate surface area is 125 Å². The third-order valence-corrected chi connectivity index (χ3v) is 2.78. The van der Waals surface area contributed by atoms with Crippen LogP contribution in [0.5, 0.6) is 5.75 Å². The number of ether oxygens (including phenoxy) is 2. The lowest BCUT2D eigenvalue weighted by molar-refractivity contribution is -0.145. The molecular weight excluding hydrogens is 278 g/mol. The van der Waals surface area contributed by atoms with Crippen LogP contribution in [0.1, 0.15) is 26.3 Å². The summed E-state index contributed by atoms with van der Waals surface area (Å²) in [7, 11) is 0. The molecule has 0 unspecified atom stereocenters. The van der Waals surface area contributed by atoms with Gasteiger partial charge in [0, 0.05) is 17.1 Å². The molecule has 0 radical (unpaired) electrons. The van der Waals surface area contributed by atoms with Crippen molar-refractivity contribution in [3.8, 4) is 5.75 Å². The number of nitrogens with one attached hydrogen (secondary N) is 1. The van der Waals surface area contributed by atoms with Gasteiger partial charge in [0.25, 0.3) is 0 Å². The lowest BCUT2D eigenvalue weighted by atomic mass is 10.2. The Balaban J connectivity index is 2.62. The largest absolute Gasteiger partial charge is 0.482 e. The van der Waals surface area contributed by atoms with Gasteiger partial charge in [-0.2, -0.15) is 0 Å². The fraction of sp³-hybridized carbons (Fsp3) is 0.533. The van der Waals surface area contributed by atoms with E-state index in [1.54, 1.807) is 19.1 Å². The van der Waals surface area contributed by atoms with E-state index < -0.39 is 0 Å². The van der Waals surface area contributed by atoms with Crippen molar-refractivity contribution in [3.05, 3.63) is 28.8 Å². The standard InChI is InChI=1S/C15H22ClNO3/c1-4-19-15(18)10-20-14-6-5-13(16)7-12(14)9-17-8-11(2)3/h5-7,11,17H,4,8-10H2,1-3H3. The molecule has 0 saturated carbocycles. The summed E-state index contributed by atoms with van der Waals surface area (Å²) in [6.45, 7) is 7.87. The second kappa shape index (κ2) is 8.82. The van der Waals surface area contributed by atoms with Crippen molar-refractivity contribution in [1.29, 1.82) is 0 Å².